The maximum Gasteiger partial charge on any atom is 0.259 e. The molecule has 1 amide bonds. The zero-order valence-electron chi connectivity index (χ0n) is 14.3. The van der Waals surface area contributed by atoms with Crippen LogP contribution in [0.1, 0.15) is 17.3 Å². The number of hydrogen-bond donors (Lipinski definition) is 1. The van der Waals surface area contributed by atoms with Crippen LogP contribution in [-0.2, 0) is 0 Å². The van der Waals surface area contributed by atoms with Crippen molar-refractivity contribution in [3.8, 4) is 0 Å². The summed E-state index contributed by atoms with van der Waals surface area (Å²) in [6.45, 7) is 2.60. The molecule has 1 N–H and O–H groups in total. The zero-order chi connectivity index (χ0) is 19.4. The number of para-hydroxylation sites is 1. The summed E-state index contributed by atoms with van der Waals surface area (Å²) >= 11 is 0. The van der Waals surface area contributed by atoms with Crippen LogP contribution in [0.5, 0.6) is 0 Å². The molecule has 1 aromatic heterocycles. The minimum atomic E-state index is -1.70. The Morgan fingerprint density at radius 2 is 1.70 bits per heavy atom. The van der Waals surface area contributed by atoms with Gasteiger partial charge in [0, 0.05) is 12.2 Å². The first-order valence-corrected chi connectivity index (χ1v) is 8.12. The van der Waals surface area contributed by atoms with Crippen LogP contribution in [0.3, 0.4) is 0 Å². The van der Waals surface area contributed by atoms with Crippen LogP contribution in [0.4, 0.5) is 30.5 Å². The van der Waals surface area contributed by atoms with Crippen LogP contribution in [0.2, 0.25) is 0 Å². The minimum Gasteiger partial charge on any atom is -0.325 e. The molecule has 138 valence electrons. The van der Waals surface area contributed by atoms with Gasteiger partial charge in [0.2, 0.25) is 0 Å². The van der Waals surface area contributed by atoms with E-state index in [1.54, 1.807) is 6.07 Å². The number of anilines is 3. The lowest BCUT2D eigenvalue weighted by molar-refractivity contribution is 0.102. The molecule has 0 fully saturated rings. The number of nitrogens with one attached hydrogen (secondary N) is 1. The summed E-state index contributed by atoms with van der Waals surface area (Å²) in [4.78, 5) is 14.0. The SMILES string of the molecule is CCN(c1ccccc1)c1ccc(NC(=O)c2ccc(F)c(F)c2F)nn1. The molecule has 8 heteroatoms. The Kier molecular flexibility index (Phi) is 5.35. The van der Waals surface area contributed by atoms with E-state index in [1.807, 2.05) is 42.2 Å². The van der Waals surface area contributed by atoms with Gasteiger partial charge >= 0.3 is 0 Å². The van der Waals surface area contributed by atoms with Crippen LogP contribution in [0, 0.1) is 17.5 Å². The van der Waals surface area contributed by atoms with Crippen molar-refractivity contribution >= 4 is 23.2 Å². The van der Waals surface area contributed by atoms with Crippen molar-refractivity contribution in [3.63, 3.8) is 0 Å². The minimum absolute atomic E-state index is 0.0528. The summed E-state index contributed by atoms with van der Waals surface area (Å²) in [6, 6.07) is 14.2. The number of halogens is 3. The van der Waals surface area contributed by atoms with E-state index in [-0.39, 0.29) is 5.82 Å². The first-order valence-electron chi connectivity index (χ1n) is 8.12. The van der Waals surface area contributed by atoms with Crippen molar-refractivity contribution in [1.82, 2.24) is 10.2 Å². The van der Waals surface area contributed by atoms with Gasteiger partial charge in [-0.1, -0.05) is 18.2 Å². The molecule has 27 heavy (non-hydrogen) atoms. The lowest BCUT2D eigenvalue weighted by atomic mass is 10.2. The summed E-state index contributed by atoms with van der Waals surface area (Å²) in [5.41, 5.74) is 0.300. The summed E-state index contributed by atoms with van der Waals surface area (Å²) in [6.07, 6.45) is 0. The molecule has 2 aromatic carbocycles. The summed E-state index contributed by atoms with van der Waals surface area (Å²) in [5, 5.41) is 10.3. The summed E-state index contributed by atoms with van der Waals surface area (Å²) in [5.74, 6) is -4.97. The van der Waals surface area contributed by atoms with Gasteiger partial charge in [0.05, 0.1) is 5.56 Å². The van der Waals surface area contributed by atoms with Gasteiger partial charge in [-0.2, -0.15) is 0 Å². The van der Waals surface area contributed by atoms with Gasteiger partial charge in [-0.15, -0.1) is 10.2 Å². The highest BCUT2D eigenvalue weighted by atomic mass is 19.2. The van der Waals surface area contributed by atoms with Crippen molar-refractivity contribution in [1.29, 1.82) is 0 Å². The van der Waals surface area contributed by atoms with Crippen LogP contribution in [0.25, 0.3) is 0 Å². The lowest BCUT2D eigenvalue weighted by Gasteiger charge is -2.21. The van der Waals surface area contributed by atoms with Gasteiger partial charge in [0.25, 0.3) is 5.91 Å². The molecule has 0 radical (unpaired) electrons. The van der Waals surface area contributed by atoms with Gasteiger partial charge in [0.15, 0.2) is 29.1 Å². The number of carbonyl (C=O) groups excluding carboxylic acids is 1. The lowest BCUT2D eigenvalue weighted by Crippen LogP contribution is -2.19. The second kappa shape index (κ2) is 7.86. The number of rotatable bonds is 5. The first kappa shape index (κ1) is 18.4. The maximum absolute atomic E-state index is 13.7. The molecule has 0 aliphatic carbocycles. The van der Waals surface area contributed by atoms with Crippen molar-refractivity contribution in [3.05, 3.63) is 77.6 Å². The molecular weight excluding hydrogens is 357 g/mol. The number of aromatic nitrogens is 2. The third-order valence-corrected chi connectivity index (χ3v) is 3.83. The van der Waals surface area contributed by atoms with E-state index in [0.717, 1.165) is 11.8 Å². The number of benzene rings is 2. The first-order chi connectivity index (χ1) is 13.0. The highest BCUT2D eigenvalue weighted by Gasteiger charge is 2.19. The molecule has 0 saturated carbocycles. The number of amides is 1. The normalized spacial score (nSPS) is 10.5. The van der Waals surface area contributed by atoms with Crippen molar-refractivity contribution in [2.75, 3.05) is 16.8 Å². The van der Waals surface area contributed by atoms with E-state index in [9.17, 15) is 18.0 Å². The smallest absolute Gasteiger partial charge is 0.259 e. The highest BCUT2D eigenvalue weighted by molar-refractivity contribution is 6.03. The Morgan fingerprint density at radius 1 is 0.963 bits per heavy atom. The van der Waals surface area contributed by atoms with Gasteiger partial charge in [-0.3, -0.25) is 4.79 Å². The molecular formula is C19H15F3N4O. The summed E-state index contributed by atoms with van der Waals surface area (Å²) in [7, 11) is 0. The van der Waals surface area contributed by atoms with E-state index in [4.69, 9.17) is 0 Å². The number of nitrogens with zero attached hydrogens (tertiary/aromatic N) is 3. The van der Waals surface area contributed by atoms with E-state index in [2.05, 4.69) is 15.5 Å². The third kappa shape index (κ3) is 3.89. The van der Waals surface area contributed by atoms with Crippen molar-refractivity contribution in [2.24, 2.45) is 0 Å². The average Bonchev–Trinajstić information content (AvgIpc) is 2.69. The van der Waals surface area contributed by atoms with Crippen molar-refractivity contribution in [2.45, 2.75) is 6.92 Å². The molecule has 0 aliphatic heterocycles. The zero-order valence-corrected chi connectivity index (χ0v) is 14.3. The molecule has 0 atom stereocenters. The molecule has 0 saturated heterocycles. The fraction of sp³-hybridized carbons (Fsp3) is 0.105. The summed E-state index contributed by atoms with van der Waals surface area (Å²) < 4.78 is 39.9. The predicted molar refractivity (Wildman–Crippen MR) is 95.4 cm³/mol. The van der Waals surface area contributed by atoms with Gasteiger partial charge in [0.1, 0.15) is 0 Å². The molecule has 0 bridgehead atoms. The molecule has 5 nitrogen and oxygen atoms in total. The van der Waals surface area contributed by atoms with E-state index >= 15 is 0 Å². The monoisotopic (exact) mass is 372 g/mol. The van der Waals surface area contributed by atoms with Gasteiger partial charge < -0.3 is 10.2 Å². The van der Waals surface area contributed by atoms with Crippen LogP contribution in [-0.4, -0.2) is 22.6 Å². The van der Waals surface area contributed by atoms with Crippen LogP contribution >= 0.6 is 0 Å². The Hall–Kier alpha value is -3.42. The molecule has 1 heterocycles. The standard InChI is InChI=1S/C19H15F3N4O/c1-2-26(12-6-4-3-5-7-12)16-11-10-15(24-25-16)23-19(27)13-8-9-14(20)18(22)17(13)21/h3-11H,2H2,1H3,(H,23,24,27). The second-order valence-corrected chi connectivity index (χ2v) is 5.53. The van der Waals surface area contributed by atoms with E-state index in [0.29, 0.717) is 18.4 Å². The Balaban J connectivity index is 1.78. The molecule has 3 aromatic rings. The van der Waals surface area contributed by atoms with Crippen molar-refractivity contribution < 1.29 is 18.0 Å². The Morgan fingerprint density at radius 3 is 2.33 bits per heavy atom. The van der Waals surface area contributed by atoms with E-state index in [1.165, 1.54) is 6.07 Å². The van der Waals surface area contributed by atoms with Crippen LogP contribution < -0.4 is 10.2 Å². The maximum atomic E-state index is 13.7. The topological polar surface area (TPSA) is 58.1 Å². The molecule has 0 unspecified atom stereocenters. The fourth-order valence-corrected chi connectivity index (χ4v) is 2.51. The quantitative estimate of drug-likeness (QED) is 0.679. The second-order valence-electron chi connectivity index (χ2n) is 5.53. The predicted octanol–water partition coefficient (Wildman–Crippen LogP) is 4.30. The molecule has 0 aliphatic rings. The Bertz CT molecular complexity index is 949. The average molecular weight is 372 g/mol. The Labute approximate surface area is 153 Å². The largest absolute Gasteiger partial charge is 0.325 e. The van der Waals surface area contributed by atoms with Crippen LogP contribution in [0.15, 0.2) is 54.6 Å². The molecule has 3 rings (SSSR count). The highest BCUT2D eigenvalue weighted by Crippen LogP contribution is 2.23. The van der Waals surface area contributed by atoms with Gasteiger partial charge in [-0.05, 0) is 43.3 Å². The number of hydrogen-bond acceptors (Lipinski definition) is 4. The fourth-order valence-electron chi connectivity index (χ4n) is 2.51. The number of carbonyl (C=O) groups is 1. The van der Waals surface area contributed by atoms with E-state index < -0.39 is 28.9 Å². The molecule has 0 spiro atoms. The van der Waals surface area contributed by atoms with Gasteiger partial charge in [-0.25, -0.2) is 13.2 Å². The third-order valence-electron chi connectivity index (χ3n) is 3.83.